The van der Waals surface area contributed by atoms with Crippen LogP contribution in [0.1, 0.15) is 24.6 Å². The zero-order chi connectivity index (χ0) is 13.7. The minimum atomic E-state index is 0.703. The SMILES string of the molecule is CCc1csc(N(CCCN)c2cccc(C)c2)n1. The molecule has 0 aliphatic carbocycles. The van der Waals surface area contributed by atoms with Gasteiger partial charge < -0.3 is 10.6 Å². The monoisotopic (exact) mass is 275 g/mol. The number of rotatable bonds is 6. The Hall–Kier alpha value is -1.39. The third kappa shape index (κ3) is 3.55. The van der Waals surface area contributed by atoms with Gasteiger partial charge in [-0.15, -0.1) is 11.3 Å². The van der Waals surface area contributed by atoms with Crippen LogP contribution in [0.3, 0.4) is 0 Å². The van der Waals surface area contributed by atoms with Gasteiger partial charge in [0, 0.05) is 17.6 Å². The zero-order valence-corrected chi connectivity index (χ0v) is 12.4. The first-order chi connectivity index (χ1) is 9.24. The molecule has 19 heavy (non-hydrogen) atoms. The van der Waals surface area contributed by atoms with E-state index >= 15 is 0 Å². The van der Waals surface area contributed by atoms with Gasteiger partial charge in [0.1, 0.15) is 0 Å². The standard InChI is InChI=1S/C15H21N3S/c1-3-13-11-19-15(17-13)18(9-5-8-16)14-7-4-6-12(2)10-14/h4,6-7,10-11H,3,5,8-9,16H2,1-2H3. The Bertz CT molecular complexity index is 522. The topological polar surface area (TPSA) is 42.1 Å². The quantitative estimate of drug-likeness (QED) is 0.877. The Morgan fingerprint density at radius 2 is 2.21 bits per heavy atom. The van der Waals surface area contributed by atoms with Gasteiger partial charge in [-0.3, -0.25) is 0 Å². The number of benzene rings is 1. The van der Waals surface area contributed by atoms with E-state index in [1.165, 1.54) is 11.3 Å². The van der Waals surface area contributed by atoms with Gasteiger partial charge in [0.15, 0.2) is 5.13 Å². The van der Waals surface area contributed by atoms with E-state index in [4.69, 9.17) is 10.7 Å². The summed E-state index contributed by atoms with van der Waals surface area (Å²) in [6, 6.07) is 8.54. The number of hydrogen-bond acceptors (Lipinski definition) is 4. The molecule has 2 N–H and O–H groups in total. The van der Waals surface area contributed by atoms with E-state index in [2.05, 4.69) is 48.4 Å². The molecule has 2 rings (SSSR count). The fourth-order valence-electron chi connectivity index (χ4n) is 1.96. The molecule has 3 nitrogen and oxygen atoms in total. The molecule has 1 aromatic carbocycles. The highest BCUT2D eigenvalue weighted by Crippen LogP contribution is 2.29. The average Bonchev–Trinajstić information content (AvgIpc) is 2.88. The maximum Gasteiger partial charge on any atom is 0.190 e. The van der Waals surface area contributed by atoms with E-state index in [1.807, 2.05) is 0 Å². The molecule has 4 heteroatoms. The lowest BCUT2D eigenvalue weighted by Gasteiger charge is -2.22. The molecule has 1 heterocycles. The third-order valence-electron chi connectivity index (χ3n) is 3.03. The molecule has 0 unspecified atom stereocenters. The zero-order valence-electron chi connectivity index (χ0n) is 11.6. The summed E-state index contributed by atoms with van der Waals surface area (Å²) in [5, 5.41) is 3.21. The molecule has 0 aliphatic rings. The molecule has 0 aliphatic heterocycles. The number of aromatic nitrogens is 1. The van der Waals surface area contributed by atoms with Gasteiger partial charge in [-0.05, 0) is 44.0 Å². The predicted molar refractivity (Wildman–Crippen MR) is 83.3 cm³/mol. The van der Waals surface area contributed by atoms with Crippen molar-refractivity contribution in [2.24, 2.45) is 5.73 Å². The van der Waals surface area contributed by atoms with Crippen LogP contribution >= 0.6 is 11.3 Å². The van der Waals surface area contributed by atoms with E-state index in [-0.39, 0.29) is 0 Å². The Labute approximate surface area is 119 Å². The van der Waals surface area contributed by atoms with Crippen LogP contribution in [0.5, 0.6) is 0 Å². The molecule has 1 aromatic heterocycles. The van der Waals surface area contributed by atoms with Gasteiger partial charge in [-0.25, -0.2) is 4.98 Å². The van der Waals surface area contributed by atoms with Gasteiger partial charge >= 0.3 is 0 Å². The highest BCUT2D eigenvalue weighted by Gasteiger charge is 2.12. The first-order valence-corrected chi connectivity index (χ1v) is 7.61. The minimum absolute atomic E-state index is 0.703. The van der Waals surface area contributed by atoms with Crippen molar-refractivity contribution in [2.75, 3.05) is 18.0 Å². The minimum Gasteiger partial charge on any atom is -0.330 e. The van der Waals surface area contributed by atoms with Crippen LogP contribution in [0.4, 0.5) is 10.8 Å². The lowest BCUT2D eigenvalue weighted by atomic mass is 10.2. The van der Waals surface area contributed by atoms with Crippen LogP contribution in [0.15, 0.2) is 29.6 Å². The molecule has 0 atom stereocenters. The van der Waals surface area contributed by atoms with Crippen molar-refractivity contribution in [3.63, 3.8) is 0 Å². The number of aryl methyl sites for hydroxylation is 2. The van der Waals surface area contributed by atoms with Gasteiger partial charge in [0.25, 0.3) is 0 Å². The van der Waals surface area contributed by atoms with Crippen molar-refractivity contribution in [2.45, 2.75) is 26.7 Å². The normalized spacial score (nSPS) is 10.7. The van der Waals surface area contributed by atoms with Crippen LogP contribution < -0.4 is 10.6 Å². The van der Waals surface area contributed by atoms with Crippen molar-refractivity contribution < 1.29 is 0 Å². The van der Waals surface area contributed by atoms with Crippen molar-refractivity contribution >= 4 is 22.2 Å². The van der Waals surface area contributed by atoms with Crippen LogP contribution in [0.2, 0.25) is 0 Å². The Kier molecular flexibility index (Phi) is 4.93. The van der Waals surface area contributed by atoms with Gasteiger partial charge in [0.2, 0.25) is 0 Å². The van der Waals surface area contributed by atoms with E-state index in [0.29, 0.717) is 6.54 Å². The van der Waals surface area contributed by atoms with Gasteiger partial charge in [0.05, 0.1) is 5.69 Å². The smallest absolute Gasteiger partial charge is 0.190 e. The highest BCUT2D eigenvalue weighted by atomic mass is 32.1. The third-order valence-corrected chi connectivity index (χ3v) is 3.94. The molecule has 0 radical (unpaired) electrons. The fourth-order valence-corrected chi connectivity index (χ4v) is 2.92. The summed E-state index contributed by atoms with van der Waals surface area (Å²) in [4.78, 5) is 6.96. The number of nitrogens with two attached hydrogens (primary N) is 1. The maximum absolute atomic E-state index is 5.65. The molecule has 102 valence electrons. The van der Waals surface area contributed by atoms with Crippen molar-refractivity contribution in [1.29, 1.82) is 0 Å². The Balaban J connectivity index is 2.29. The summed E-state index contributed by atoms with van der Waals surface area (Å²) in [6.07, 6.45) is 1.95. The van der Waals surface area contributed by atoms with Crippen LogP contribution in [-0.2, 0) is 6.42 Å². The Morgan fingerprint density at radius 3 is 2.84 bits per heavy atom. The lowest BCUT2D eigenvalue weighted by Crippen LogP contribution is -2.20. The number of hydrogen-bond donors (Lipinski definition) is 1. The van der Waals surface area contributed by atoms with E-state index in [1.54, 1.807) is 11.3 Å². The summed E-state index contributed by atoms with van der Waals surface area (Å²) in [7, 11) is 0. The second-order valence-corrected chi connectivity index (χ2v) is 5.44. The summed E-state index contributed by atoms with van der Waals surface area (Å²) in [5.74, 6) is 0. The fraction of sp³-hybridized carbons (Fsp3) is 0.400. The van der Waals surface area contributed by atoms with Gasteiger partial charge in [-0.1, -0.05) is 19.1 Å². The maximum atomic E-state index is 5.65. The van der Waals surface area contributed by atoms with Crippen LogP contribution in [0, 0.1) is 6.92 Å². The molecule has 0 spiro atoms. The second kappa shape index (κ2) is 6.68. The molecular weight excluding hydrogens is 254 g/mol. The van der Waals surface area contributed by atoms with Crippen molar-refractivity contribution in [3.8, 4) is 0 Å². The van der Waals surface area contributed by atoms with Crippen molar-refractivity contribution in [3.05, 3.63) is 40.9 Å². The van der Waals surface area contributed by atoms with E-state index in [0.717, 1.165) is 30.2 Å². The first kappa shape index (κ1) is 14.0. The summed E-state index contributed by atoms with van der Waals surface area (Å²) in [5.41, 5.74) is 9.27. The lowest BCUT2D eigenvalue weighted by molar-refractivity contribution is 0.813. The Morgan fingerprint density at radius 1 is 1.37 bits per heavy atom. The molecule has 0 bridgehead atoms. The molecule has 0 fully saturated rings. The van der Waals surface area contributed by atoms with Crippen molar-refractivity contribution in [1.82, 2.24) is 4.98 Å². The van der Waals surface area contributed by atoms with Crippen LogP contribution in [-0.4, -0.2) is 18.1 Å². The number of nitrogens with zero attached hydrogens (tertiary/aromatic N) is 2. The molecule has 0 saturated carbocycles. The largest absolute Gasteiger partial charge is 0.330 e. The number of anilines is 2. The first-order valence-electron chi connectivity index (χ1n) is 6.73. The molecule has 0 amide bonds. The number of thiazole rings is 1. The average molecular weight is 275 g/mol. The second-order valence-electron chi connectivity index (χ2n) is 4.61. The highest BCUT2D eigenvalue weighted by molar-refractivity contribution is 7.13. The van der Waals surface area contributed by atoms with E-state index in [9.17, 15) is 0 Å². The molecule has 2 aromatic rings. The summed E-state index contributed by atoms with van der Waals surface area (Å²) in [6.45, 7) is 5.87. The molecule has 0 saturated heterocycles. The molecular formula is C15H21N3S. The predicted octanol–water partition coefficient (Wildman–Crippen LogP) is 3.50. The van der Waals surface area contributed by atoms with Crippen LogP contribution in [0.25, 0.3) is 0 Å². The van der Waals surface area contributed by atoms with Gasteiger partial charge in [-0.2, -0.15) is 0 Å². The van der Waals surface area contributed by atoms with E-state index < -0.39 is 0 Å². The summed E-state index contributed by atoms with van der Waals surface area (Å²) < 4.78 is 0. The summed E-state index contributed by atoms with van der Waals surface area (Å²) >= 11 is 1.71.